The van der Waals surface area contributed by atoms with Crippen molar-refractivity contribution in [1.29, 1.82) is 0 Å². The highest BCUT2D eigenvalue weighted by molar-refractivity contribution is 7.89. The maximum atomic E-state index is 13.5. The van der Waals surface area contributed by atoms with Gasteiger partial charge in [-0.05, 0) is 39.2 Å². The third-order valence-corrected chi connectivity index (χ3v) is 4.79. The van der Waals surface area contributed by atoms with Gasteiger partial charge in [0.1, 0.15) is 0 Å². The molecular formula is C12H18FN3O4S. The van der Waals surface area contributed by atoms with Crippen LogP contribution in [0.25, 0.3) is 0 Å². The zero-order valence-corrected chi connectivity index (χ0v) is 12.9. The Morgan fingerprint density at radius 2 is 1.86 bits per heavy atom. The predicted molar refractivity (Wildman–Crippen MR) is 76.0 cm³/mol. The van der Waals surface area contributed by atoms with Crippen molar-refractivity contribution in [1.82, 2.24) is 9.21 Å². The molecule has 0 aliphatic heterocycles. The van der Waals surface area contributed by atoms with Gasteiger partial charge in [-0.1, -0.05) is 6.07 Å². The minimum atomic E-state index is -4.10. The van der Waals surface area contributed by atoms with Gasteiger partial charge in [-0.15, -0.1) is 0 Å². The molecule has 0 unspecified atom stereocenters. The van der Waals surface area contributed by atoms with Crippen molar-refractivity contribution < 1.29 is 17.7 Å². The third kappa shape index (κ3) is 4.19. The van der Waals surface area contributed by atoms with Gasteiger partial charge in [-0.3, -0.25) is 10.1 Å². The normalized spacial score (nSPS) is 12.1. The summed E-state index contributed by atoms with van der Waals surface area (Å²) in [5.74, 6) is -1.16. The van der Waals surface area contributed by atoms with Crippen molar-refractivity contribution >= 4 is 15.7 Å². The molecule has 1 aromatic carbocycles. The summed E-state index contributed by atoms with van der Waals surface area (Å²) in [5, 5.41) is 10.9. The quantitative estimate of drug-likeness (QED) is 0.559. The first kappa shape index (κ1) is 17.5. The van der Waals surface area contributed by atoms with Gasteiger partial charge in [0.05, 0.1) is 4.92 Å². The molecule has 0 fully saturated rings. The Kier molecular flexibility index (Phi) is 5.76. The lowest BCUT2D eigenvalue weighted by molar-refractivity contribution is -0.390. The van der Waals surface area contributed by atoms with Crippen LogP contribution in [0.4, 0.5) is 10.1 Å². The van der Waals surface area contributed by atoms with E-state index in [1.54, 1.807) is 0 Å². The topological polar surface area (TPSA) is 83.8 Å². The molecule has 0 saturated heterocycles. The van der Waals surface area contributed by atoms with E-state index in [9.17, 15) is 22.9 Å². The smallest absolute Gasteiger partial charge is 0.309 e. The fraction of sp³-hybridized carbons (Fsp3) is 0.500. The summed E-state index contributed by atoms with van der Waals surface area (Å²) in [7, 11) is 0.923. The molecule has 0 aromatic heterocycles. The Bertz CT molecular complexity index is 619. The first-order valence-electron chi connectivity index (χ1n) is 6.22. The van der Waals surface area contributed by atoms with E-state index in [-0.39, 0.29) is 6.54 Å². The second-order valence-corrected chi connectivity index (χ2v) is 6.84. The lowest BCUT2D eigenvalue weighted by atomic mass is 10.3. The summed E-state index contributed by atoms with van der Waals surface area (Å²) in [5.41, 5.74) is -1.02. The van der Waals surface area contributed by atoms with Crippen LogP contribution >= 0.6 is 0 Å². The number of rotatable bonds is 7. The van der Waals surface area contributed by atoms with Gasteiger partial charge < -0.3 is 4.90 Å². The van der Waals surface area contributed by atoms with Gasteiger partial charge in [0.25, 0.3) is 0 Å². The van der Waals surface area contributed by atoms with Crippen LogP contribution in [0.3, 0.4) is 0 Å². The lowest BCUT2D eigenvalue weighted by Crippen LogP contribution is -2.30. The number of nitro groups is 1. The lowest BCUT2D eigenvalue weighted by Gasteiger charge is -2.18. The Balaban J connectivity index is 3.08. The molecule has 0 amide bonds. The number of benzene rings is 1. The third-order valence-electron chi connectivity index (χ3n) is 2.90. The number of para-hydroxylation sites is 1. The van der Waals surface area contributed by atoms with Crippen molar-refractivity contribution in [2.45, 2.75) is 11.3 Å². The molecule has 0 spiro atoms. The molecular weight excluding hydrogens is 301 g/mol. The van der Waals surface area contributed by atoms with E-state index in [4.69, 9.17) is 0 Å². The van der Waals surface area contributed by atoms with Crippen molar-refractivity contribution in [3.8, 4) is 0 Å². The molecule has 0 heterocycles. The minimum Gasteiger partial charge on any atom is -0.309 e. The fourth-order valence-corrected chi connectivity index (χ4v) is 3.15. The zero-order chi connectivity index (χ0) is 16.2. The van der Waals surface area contributed by atoms with Crippen LogP contribution in [0.1, 0.15) is 6.42 Å². The standard InChI is InChI=1S/C12H18FN3O4S/c1-14(2)8-5-9-15(3)21(19,20)11-7-4-6-10(13)12(11)16(17)18/h4,6-7H,5,8-9H2,1-3H3. The molecule has 7 nitrogen and oxygen atoms in total. The van der Waals surface area contributed by atoms with E-state index < -0.39 is 31.3 Å². The highest BCUT2D eigenvalue weighted by Crippen LogP contribution is 2.28. The second-order valence-electron chi connectivity index (χ2n) is 4.83. The van der Waals surface area contributed by atoms with Gasteiger partial charge in [0.15, 0.2) is 4.90 Å². The van der Waals surface area contributed by atoms with Crippen LogP contribution in [0.2, 0.25) is 0 Å². The first-order valence-corrected chi connectivity index (χ1v) is 7.66. The molecule has 9 heteroatoms. The van der Waals surface area contributed by atoms with Crippen molar-refractivity contribution in [3.05, 3.63) is 34.1 Å². The Morgan fingerprint density at radius 1 is 1.24 bits per heavy atom. The fourth-order valence-electron chi connectivity index (χ4n) is 1.78. The van der Waals surface area contributed by atoms with Crippen molar-refractivity contribution in [2.24, 2.45) is 0 Å². The summed E-state index contributed by atoms with van der Waals surface area (Å²) >= 11 is 0. The Labute approximate surface area is 123 Å². The SMILES string of the molecule is CN(C)CCCN(C)S(=O)(=O)c1cccc(F)c1[N+](=O)[O-]. The number of hydrogen-bond donors (Lipinski definition) is 0. The number of nitro benzene ring substituents is 1. The Hall–Kier alpha value is -1.58. The van der Waals surface area contributed by atoms with Gasteiger partial charge in [-0.25, -0.2) is 12.7 Å². The molecule has 1 rings (SSSR count). The van der Waals surface area contributed by atoms with E-state index >= 15 is 0 Å². The maximum absolute atomic E-state index is 13.5. The monoisotopic (exact) mass is 319 g/mol. The second kappa shape index (κ2) is 6.92. The predicted octanol–water partition coefficient (Wildman–Crippen LogP) is 1.31. The van der Waals surface area contributed by atoms with Gasteiger partial charge in [0, 0.05) is 13.6 Å². The summed E-state index contributed by atoms with van der Waals surface area (Å²) in [4.78, 5) is 11.1. The van der Waals surface area contributed by atoms with Gasteiger partial charge in [0.2, 0.25) is 15.8 Å². The molecule has 0 saturated carbocycles. The molecule has 0 radical (unpaired) electrons. The van der Waals surface area contributed by atoms with E-state index in [2.05, 4.69) is 0 Å². The van der Waals surface area contributed by atoms with Crippen LogP contribution in [0.5, 0.6) is 0 Å². The highest BCUT2D eigenvalue weighted by Gasteiger charge is 2.32. The van der Waals surface area contributed by atoms with Gasteiger partial charge >= 0.3 is 5.69 Å². The van der Waals surface area contributed by atoms with E-state index in [1.807, 2.05) is 19.0 Å². The number of nitrogens with zero attached hydrogens (tertiary/aromatic N) is 3. The largest absolute Gasteiger partial charge is 0.324 e. The highest BCUT2D eigenvalue weighted by atomic mass is 32.2. The minimum absolute atomic E-state index is 0.189. The number of sulfonamides is 1. The molecule has 0 bridgehead atoms. The molecule has 0 atom stereocenters. The molecule has 0 aliphatic rings. The number of halogens is 1. The van der Waals surface area contributed by atoms with Gasteiger partial charge in [-0.2, -0.15) is 4.39 Å². The average Bonchev–Trinajstić information content (AvgIpc) is 2.37. The molecule has 1 aromatic rings. The molecule has 118 valence electrons. The molecule has 0 aliphatic carbocycles. The van der Waals surface area contributed by atoms with Crippen molar-refractivity contribution in [2.75, 3.05) is 34.2 Å². The van der Waals surface area contributed by atoms with Crippen LogP contribution in [0, 0.1) is 15.9 Å². The summed E-state index contributed by atoms with van der Waals surface area (Å²) < 4.78 is 39.2. The molecule has 0 N–H and O–H groups in total. The van der Waals surface area contributed by atoms with Crippen LogP contribution in [0.15, 0.2) is 23.1 Å². The van der Waals surface area contributed by atoms with E-state index in [0.29, 0.717) is 13.0 Å². The zero-order valence-electron chi connectivity index (χ0n) is 12.1. The van der Waals surface area contributed by atoms with Crippen LogP contribution in [-0.2, 0) is 10.0 Å². The summed E-state index contributed by atoms with van der Waals surface area (Å²) in [6, 6.07) is 3.05. The van der Waals surface area contributed by atoms with E-state index in [1.165, 1.54) is 7.05 Å². The average molecular weight is 319 g/mol. The summed E-state index contributed by atoms with van der Waals surface area (Å²) in [6.45, 7) is 0.860. The van der Waals surface area contributed by atoms with Crippen LogP contribution < -0.4 is 0 Å². The van der Waals surface area contributed by atoms with Crippen LogP contribution in [-0.4, -0.2) is 56.8 Å². The van der Waals surface area contributed by atoms with E-state index in [0.717, 1.165) is 22.5 Å². The molecule has 21 heavy (non-hydrogen) atoms. The number of hydrogen-bond acceptors (Lipinski definition) is 5. The maximum Gasteiger partial charge on any atom is 0.324 e. The van der Waals surface area contributed by atoms with Crippen molar-refractivity contribution in [3.63, 3.8) is 0 Å². The Morgan fingerprint density at radius 3 is 2.38 bits per heavy atom. The first-order chi connectivity index (χ1) is 9.67. The summed E-state index contributed by atoms with van der Waals surface area (Å²) in [6.07, 6.45) is 0.561.